The molecule has 0 atom stereocenters. The molecular formula is C21H37IN4O. The fraction of sp³-hybridized carbons (Fsp3) is 0.667. The molecule has 0 bridgehead atoms. The molecule has 0 spiro atoms. The minimum absolute atomic E-state index is 0. The van der Waals surface area contributed by atoms with E-state index in [0.717, 1.165) is 51.0 Å². The predicted molar refractivity (Wildman–Crippen MR) is 126 cm³/mol. The van der Waals surface area contributed by atoms with Gasteiger partial charge in [0.2, 0.25) is 0 Å². The van der Waals surface area contributed by atoms with E-state index >= 15 is 0 Å². The smallest absolute Gasteiger partial charge is 0.191 e. The molecule has 0 saturated carbocycles. The summed E-state index contributed by atoms with van der Waals surface area (Å²) in [7, 11) is 1.82. The second-order valence-corrected chi connectivity index (χ2v) is 7.09. The van der Waals surface area contributed by atoms with E-state index in [2.05, 4.69) is 51.7 Å². The lowest BCUT2D eigenvalue weighted by Gasteiger charge is -2.32. The lowest BCUT2D eigenvalue weighted by atomic mass is 9.99. The van der Waals surface area contributed by atoms with Gasteiger partial charge in [-0.1, -0.05) is 19.1 Å². The molecule has 2 N–H and O–H groups in total. The van der Waals surface area contributed by atoms with E-state index in [4.69, 9.17) is 4.74 Å². The zero-order valence-electron chi connectivity index (χ0n) is 17.2. The molecule has 2 rings (SSSR count). The summed E-state index contributed by atoms with van der Waals surface area (Å²) in [6.45, 7) is 10.1. The van der Waals surface area contributed by atoms with Crippen molar-refractivity contribution in [1.29, 1.82) is 0 Å². The molecule has 1 aromatic carbocycles. The molecule has 1 heterocycles. The molecule has 1 aliphatic heterocycles. The van der Waals surface area contributed by atoms with Crippen LogP contribution in [0, 0.1) is 5.92 Å². The summed E-state index contributed by atoms with van der Waals surface area (Å²) in [5, 5.41) is 6.75. The van der Waals surface area contributed by atoms with Crippen LogP contribution in [0.25, 0.3) is 0 Å². The van der Waals surface area contributed by atoms with Crippen molar-refractivity contribution in [3.8, 4) is 0 Å². The number of ether oxygens (including phenoxy) is 1. The lowest BCUT2D eigenvalue weighted by molar-refractivity contribution is 0.143. The highest BCUT2D eigenvalue weighted by Crippen LogP contribution is 2.23. The third kappa shape index (κ3) is 9.14. The highest BCUT2D eigenvalue weighted by atomic mass is 127. The van der Waals surface area contributed by atoms with Crippen LogP contribution in [0.3, 0.4) is 0 Å². The van der Waals surface area contributed by atoms with E-state index < -0.39 is 0 Å². The van der Waals surface area contributed by atoms with Gasteiger partial charge in [-0.3, -0.25) is 4.99 Å². The van der Waals surface area contributed by atoms with Crippen LogP contribution in [0.15, 0.2) is 29.3 Å². The first kappa shape index (κ1) is 24.0. The minimum Gasteiger partial charge on any atom is -0.382 e. The van der Waals surface area contributed by atoms with Gasteiger partial charge in [0, 0.05) is 52.1 Å². The first-order valence-corrected chi connectivity index (χ1v) is 10.1. The fourth-order valence-electron chi connectivity index (χ4n) is 3.18. The summed E-state index contributed by atoms with van der Waals surface area (Å²) in [5.74, 6) is 1.73. The molecule has 0 aromatic heterocycles. The summed E-state index contributed by atoms with van der Waals surface area (Å²) in [4.78, 5) is 6.79. The number of guanidine groups is 1. The van der Waals surface area contributed by atoms with Crippen molar-refractivity contribution in [1.82, 2.24) is 10.6 Å². The van der Waals surface area contributed by atoms with Crippen molar-refractivity contribution in [3.05, 3.63) is 29.8 Å². The Bertz CT molecular complexity index is 527. The Labute approximate surface area is 182 Å². The molecule has 154 valence electrons. The van der Waals surface area contributed by atoms with Crippen molar-refractivity contribution in [3.63, 3.8) is 0 Å². The number of hydrogen-bond donors (Lipinski definition) is 2. The zero-order chi connectivity index (χ0) is 18.6. The average molecular weight is 488 g/mol. The quantitative estimate of drug-likeness (QED) is 0.239. The SMILES string of the molecule is CCOCCCCNC(=NC)NCc1ccc(N2CCC(C)CC2)cc1.I. The molecule has 0 amide bonds. The Morgan fingerprint density at radius 2 is 1.85 bits per heavy atom. The number of hydrogen-bond acceptors (Lipinski definition) is 3. The van der Waals surface area contributed by atoms with Crippen molar-refractivity contribution >= 4 is 35.6 Å². The van der Waals surface area contributed by atoms with E-state index in [9.17, 15) is 0 Å². The largest absolute Gasteiger partial charge is 0.382 e. The molecule has 1 saturated heterocycles. The minimum atomic E-state index is 0. The van der Waals surface area contributed by atoms with Crippen LogP contribution in [-0.4, -0.2) is 45.9 Å². The normalized spacial score (nSPS) is 15.4. The van der Waals surface area contributed by atoms with Crippen LogP contribution in [-0.2, 0) is 11.3 Å². The number of aliphatic imine (C=N–C) groups is 1. The lowest BCUT2D eigenvalue weighted by Crippen LogP contribution is -2.37. The first-order valence-electron chi connectivity index (χ1n) is 10.1. The Hall–Kier alpha value is -1.02. The van der Waals surface area contributed by atoms with Gasteiger partial charge >= 0.3 is 0 Å². The molecular weight excluding hydrogens is 451 g/mol. The third-order valence-corrected chi connectivity index (χ3v) is 4.98. The highest BCUT2D eigenvalue weighted by Gasteiger charge is 2.15. The first-order chi connectivity index (χ1) is 12.7. The van der Waals surface area contributed by atoms with Crippen LogP contribution in [0.1, 0.15) is 45.1 Å². The standard InChI is InChI=1S/C21H36N4O.HI/c1-4-26-16-6-5-13-23-21(22-3)24-17-19-7-9-20(10-8-19)25-14-11-18(2)12-15-25;/h7-10,18H,4-6,11-17H2,1-3H3,(H2,22,23,24);1H. The van der Waals surface area contributed by atoms with Crippen molar-refractivity contribution in [2.45, 2.75) is 46.1 Å². The zero-order valence-corrected chi connectivity index (χ0v) is 19.5. The van der Waals surface area contributed by atoms with Crippen LogP contribution in [0.5, 0.6) is 0 Å². The van der Waals surface area contributed by atoms with Crippen molar-refractivity contribution in [2.75, 3.05) is 44.8 Å². The second kappa shape index (κ2) is 14.0. The summed E-state index contributed by atoms with van der Waals surface area (Å²) in [5.41, 5.74) is 2.62. The maximum absolute atomic E-state index is 5.35. The number of unbranched alkanes of at least 4 members (excludes halogenated alkanes) is 1. The number of nitrogens with zero attached hydrogens (tertiary/aromatic N) is 2. The van der Waals surface area contributed by atoms with Gasteiger partial charge in [0.1, 0.15) is 0 Å². The number of halogens is 1. The van der Waals surface area contributed by atoms with Gasteiger partial charge in [0.05, 0.1) is 0 Å². The van der Waals surface area contributed by atoms with Crippen LogP contribution in [0.4, 0.5) is 5.69 Å². The molecule has 1 aliphatic rings. The molecule has 1 fully saturated rings. The number of rotatable bonds is 9. The Morgan fingerprint density at radius 3 is 2.48 bits per heavy atom. The number of anilines is 1. The van der Waals surface area contributed by atoms with Gasteiger partial charge in [-0.15, -0.1) is 24.0 Å². The molecule has 0 aliphatic carbocycles. The van der Waals surface area contributed by atoms with E-state index in [1.807, 2.05) is 14.0 Å². The van der Waals surface area contributed by atoms with Gasteiger partial charge in [-0.05, 0) is 56.2 Å². The van der Waals surface area contributed by atoms with Gasteiger partial charge in [-0.2, -0.15) is 0 Å². The Kier molecular flexibility index (Phi) is 12.5. The molecule has 0 unspecified atom stereocenters. The van der Waals surface area contributed by atoms with Crippen molar-refractivity contribution < 1.29 is 4.74 Å². The van der Waals surface area contributed by atoms with Crippen LogP contribution < -0.4 is 15.5 Å². The summed E-state index contributed by atoms with van der Waals surface area (Å²) >= 11 is 0. The predicted octanol–water partition coefficient (Wildman–Crippen LogP) is 4.02. The molecule has 5 nitrogen and oxygen atoms in total. The van der Waals surface area contributed by atoms with Crippen LogP contribution in [0.2, 0.25) is 0 Å². The fourth-order valence-corrected chi connectivity index (χ4v) is 3.18. The topological polar surface area (TPSA) is 48.9 Å². The molecule has 0 radical (unpaired) electrons. The Balaban J connectivity index is 0.00000364. The van der Waals surface area contributed by atoms with E-state index in [0.29, 0.717) is 0 Å². The summed E-state index contributed by atoms with van der Waals surface area (Å²) in [6, 6.07) is 8.93. The average Bonchev–Trinajstić information content (AvgIpc) is 2.68. The second-order valence-electron chi connectivity index (χ2n) is 7.09. The maximum atomic E-state index is 5.35. The van der Waals surface area contributed by atoms with Gasteiger partial charge in [0.15, 0.2) is 5.96 Å². The number of nitrogens with one attached hydrogen (secondary N) is 2. The van der Waals surface area contributed by atoms with E-state index in [-0.39, 0.29) is 24.0 Å². The molecule has 6 heteroatoms. The van der Waals surface area contributed by atoms with Crippen LogP contribution >= 0.6 is 24.0 Å². The summed E-state index contributed by atoms with van der Waals surface area (Å²) in [6.07, 6.45) is 4.77. The third-order valence-electron chi connectivity index (χ3n) is 4.98. The van der Waals surface area contributed by atoms with Gasteiger partial charge in [0.25, 0.3) is 0 Å². The summed E-state index contributed by atoms with van der Waals surface area (Å²) < 4.78 is 5.35. The molecule has 1 aromatic rings. The van der Waals surface area contributed by atoms with Gasteiger partial charge < -0.3 is 20.3 Å². The highest BCUT2D eigenvalue weighted by molar-refractivity contribution is 14.0. The Morgan fingerprint density at radius 1 is 1.15 bits per heavy atom. The monoisotopic (exact) mass is 488 g/mol. The van der Waals surface area contributed by atoms with Crippen molar-refractivity contribution in [2.24, 2.45) is 10.9 Å². The van der Waals surface area contributed by atoms with Gasteiger partial charge in [-0.25, -0.2) is 0 Å². The maximum Gasteiger partial charge on any atom is 0.191 e. The van der Waals surface area contributed by atoms with E-state index in [1.165, 1.54) is 37.2 Å². The number of benzene rings is 1. The molecule has 27 heavy (non-hydrogen) atoms. The van der Waals surface area contributed by atoms with E-state index in [1.54, 1.807) is 0 Å². The number of piperidine rings is 1.